The molecule has 6 N–H and O–H groups in total. The molecule has 1 aromatic carbocycles. The van der Waals surface area contributed by atoms with Gasteiger partial charge in [-0.15, -0.1) is 5.10 Å². The van der Waals surface area contributed by atoms with E-state index in [1.54, 1.807) is 6.92 Å². The van der Waals surface area contributed by atoms with Crippen LogP contribution in [0.25, 0.3) is 10.9 Å². The van der Waals surface area contributed by atoms with E-state index in [9.17, 15) is 18.4 Å². The van der Waals surface area contributed by atoms with E-state index in [1.807, 2.05) is 0 Å². The summed E-state index contributed by atoms with van der Waals surface area (Å²) < 4.78 is 30.4. The summed E-state index contributed by atoms with van der Waals surface area (Å²) in [4.78, 5) is 27.1. The number of fused-ring (bicyclic) bond motifs is 1. The topological polar surface area (TPSA) is 151 Å². The summed E-state index contributed by atoms with van der Waals surface area (Å²) in [6.45, 7) is 1.78. The summed E-state index contributed by atoms with van der Waals surface area (Å²) in [5, 5.41) is 14.7. The van der Waals surface area contributed by atoms with Gasteiger partial charge in [0.15, 0.2) is 11.6 Å². The van der Waals surface area contributed by atoms with Crippen LogP contribution in [0, 0.1) is 11.6 Å². The molecule has 10 nitrogen and oxygen atoms in total. The van der Waals surface area contributed by atoms with Crippen molar-refractivity contribution in [2.45, 2.75) is 13.5 Å². The first-order valence-electron chi connectivity index (χ1n) is 7.31. The average molecular weight is 365 g/mol. The lowest BCUT2D eigenvalue weighted by atomic mass is 10.1. The number of carboxylic acid groups (broad SMARTS) is 1. The summed E-state index contributed by atoms with van der Waals surface area (Å²) >= 11 is 0. The number of nitrogen functional groups attached to an aromatic ring is 1. The van der Waals surface area contributed by atoms with Gasteiger partial charge in [0, 0.05) is 12.7 Å². The van der Waals surface area contributed by atoms with Gasteiger partial charge in [0.2, 0.25) is 11.4 Å². The predicted octanol–water partition coefficient (Wildman–Crippen LogP) is 1.14. The molecule has 3 aromatic rings. The number of nitrogens with one attached hydrogen (secondary N) is 3. The Balaban J connectivity index is 2.16. The number of aryl methyl sites for hydroxylation is 1. The molecule has 0 radical (unpaired) electrons. The molecular formula is C14H13F2N7O3. The predicted molar refractivity (Wildman–Crippen MR) is 88.8 cm³/mol. The number of aromatic carboxylic acids is 1. The number of anilines is 3. The maximum Gasteiger partial charge on any atom is 0.341 e. The summed E-state index contributed by atoms with van der Waals surface area (Å²) in [6, 6.07) is 0.774. The second-order valence-electron chi connectivity index (χ2n) is 5.20. The largest absolute Gasteiger partial charge is 0.477 e. The molecule has 0 saturated heterocycles. The van der Waals surface area contributed by atoms with Gasteiger partial charge in [-0.1, -0.05) is 0 Å². The van der Waals surface area contributed by atoms with E-state index < -0.39 is 34.3 Å². The maximum atomic E-state index is 14.9. The number of carboxylic acids is 1. The molecule has 0 fully saturated rings. The first kappa shape index (κ1) is 17.1. The Morgan fingerprint density at radius 3 is 2.73 bits per heavy atom. The minimum absolute atomic E-state index is 0.00484. The smallest absolute Gasteiger partial charge is 0.341 e. The second kappa shape index (κ2) is 6.31. The van der Waals surface area contributed by atoms with Crippen LogP contribution in [0.5, 0.6) is 0 Å². The van der Waals surface area contributed by atoms with Gasteiger partial charge in [-0.05, 0) is 13.0 Å². The summed E-state index contributed by atoms with van der Waals surface area (Å²) in [6.07, 6.45) is 1.02. The van der Waals surface area contributed by atoms with Gasteiger partial charge < -0.3 is 15.4 Å². The van der Waals surface area contributed by atoms with Gasteiger partial charge in [-0.25, -0.2) is 18.7 Å². The number of nitrogens with zero attached hydrogens (tertiary/aromatic N) is 3. The minimum Gasteiger partial charge on any atom is -0.477 e. The zero-order valence-corrected chi connectivity index (χ0v) is 13.3. The number of H-pyrrole nitrogens is 1. The number of hydrazine groups is 1. The van der Waals surface area contributed by atoms with Crippen LogP contribution < -0.4 is 22.0 Å². The van der Waals surface area contributed by atoms with Crippen LogP contribution in [-0.4, -0.2) is 30.8 Å². The van der Waals surface area contributed by atoms with Crippen LogP contribution in [0.15, 0.2) is 17.1 Å². The Kier molecular flexibility index (Phi) is 4.16. The van der Waals surface area contributed by atoms with E-state index >= 15 is 0 Å². The highest BCUT2D eigenvalue weighted by atomic mass is 19.1. The first-order valence-corrected chi connectivity index (χ1v) is 7.31. The molecule has 12 heteroatoms. The van der Waals surface area contributed by atoms with Crippen molar-refractivity contribution in [2.24, 2.45) is 0 Å². The van der Waals surface area contributed by atoms with Gasteiger partial charge in [-0.2, -0.15) is 4.98 Å². The minimum atomic E-state index is -1.48. The molecule has 3 rings (SSSR count). The Morgan fingerprint density at radius 2 is 2.15 bits per heavy atom. The molecule has 0 bridgehead atoms. The van der Waals surface area contributed by atoms with E-state index in [0.717, 1.165) is 12.3 Å². The number of hydrogen-bond donors (Lipinski definition) is 5. The van der Waals surface area contributed by atoms with Crippen molar-refractivity contribution in [3.8, 4) is 0 Å². The molecular weight excluding hydrogens is 352 g/mol. The fourth-order valence-electron chi connectivity index (χ4n) is 2.45. The van der Waals surface area contributed by atoms with Crippen molar-refractivity contribution < 1.29 is 18.7 Å². The van der Waals surface area contributed by atoms with Crippen LogP contribution in [0.4, 0.5) is 26.4 Å². The summed E-state index contributed by atoms with van der Waals surface area (Å²) in [5.41, 5.74) is 7.61. The number of benzene rings is 1. The van der Waals surface area contributed by atoms with E-state index in [-0.39, 0.29) is 29.3 Å². The summed E-state index contributed by atoms with van der Waals surface area (Å²) in [5.74, 6) is -3.73. The fourth-order valence-corrected chi connectivity index (χ4v) is 2.45. The third kappa shape index (κ3) is 2.76. The van der Waals surface area contributed by atoms with E-state index in [1.165, 1.54) is 4.57 Å². The Labute approximate surface area is 143 Å². The molecule has 2 heterocycles. The molecule has 0 unspecified atom stereocenters. The second-order valence-corrected chi connectivity index (χ2v) is 5.20. The Bertz CT molecular complexity index is 1080. The monoisotopic (exact) mass is 365 g/mol. The molecule has 0 saturated carbocycles. The molecule has 136 valence electrons. The molecule has 0 aliphatic rings. The zero-order valence-electron chi connectivity index (χ0n) is 13.3. The molecule has 0 atom stereocenters. The lowest BCUT2D eigenvalue weighted by Gasteiger charge is -2.15. The van der Waals surface area contributed by atoms with Crippen molar-refractivity contribution in [3.63, 3.8) is 0 Å². The van der Waals surface area contributed by atoms with Crippen LogP contribution in [0.2, 0.25) is 0 Å². The Morgan fingerprint density at radius 1 is 1.42 bits per heavy atom. The number of pyridine rings is 1. The quantitative estimate of drug-likeness (QED) is 0.422. The van der Waals surface area contributed by atoms with Crippen LogP contribution in [-0.2, 0) is 6.54 Å². The number of hydrogen-bond acceptors (Lipinski definition) is 7. The molecule has 2 aromatic heterocycles. The molecule has 26 heavy (non-hydrogen) atoms. The highest BCUT2D eigenvalue weighted by Gasteiger charge is 2.21. The van der Waals surface area contributed by atoms with Gasteiger partial charge >= 0.3 is 5.97 Å². The standard InChI is InChI=1S/C14H13F2N7O3/c1-2-23-4-6(12(25)26)11(24)5-3-7(15)9(8(16)10(5)23)19-21-14-18-13(17)20-22-14/h3-4,19H,2H2,1H3,(H,25,26)(H4,17,18,20,21,22). The number of halogens is 2. The van der Waals surface area contributed by atoms with Gasteiger partial charge in [-0.3, -0.25) is 15.6 Å². The molecule has 0 spiro atoms. The fraction of sp³-hybridized carbons (Fsp3) is 0.143. The average Bonchev–Trinajstić information content (AvgIpc) is 3.00. The first-order chi connectivity index (χ1) is 12.3. The summed E-state index contributed by atoms with van der Waals surface area (Å²) in [7, 11) is 0. The van der Waals surface area contributed by atoms with Gasteiger partial charge in [0.1, 0.15) is 11.3 Å². The Hall–Kier alpha value is -3.70. The van der Waals surface area contributed by atoms with Gasteiger partial charge in [0.25, 0.3) is 5.95 Å². The SMILES string of the molecule is CCn1cc(C(=O)O)c(=O)c2cc(F)c(NNc3n[nH]c(N)n3)c(F)c21. The normalized spacial score (nSPS) is 10.9. The van der Waals surface area contributed by atoms with E-state index in [0.29, 0.717) is 0 Å². The van der Waals surface area contributed by atoms with Crippen molar-refractivity contribution in [1.29, 1.82) is 0 Å². The van der Waals surface area contributed by atoms with Crippen molar-refractivity contribution >= 4 is 34.5 Å². The van der Waals surface area contributed by atoms with Crippen molar-refractivity contribution in [2.75, 3.05) is 16.6 Å². The van der Waals surface area contributed by atoms with E-state index in [4.69, 9.17) is 10.8 Å². The molecule has 0 aliphatic carbocycles. The van der Waals surface area contributed by atoms with Crippen LogP contribution >= 0.6 is 0 Å². The van der Waals surface area contributed by atoms with Gasteiger partial charge in [0.05, 0.1) is 10.9 Å². The highest BCUT2D eigenvalue weighted by molar-refractivity contribution is 5.93. The van der Waals surface area contributed by atoms with E-state index in [2.05, 4.69) is 26.0 Å². The lowest BCUT2D eigenvalue weighted by Crippen LogP contribution is -2.21. The lowest BCUT2D eigenvalue weighted by molar-refractivity contribution is 0.0695. The zero-order chi connectivity index (χ0) is 19.0. The number of nitrogens with two attached hydrogens (primary N) is 1. The highest BCUT2D eigenvalue weighted by Crippen LogP contribution is 2.27. The molecule has 0 aliphatic heterocycles. The third-order valence-corrected chi connectivity index (χ3v) is 3.63. The van der Waals surface area contributed by atoms with Crippen molar-refractivity contribution in [3.05, 3.63) is 39.7 Å². The number of rotatable bonds is 5. The molecule has 0 amide bonds. The van der Waals surface area contributed by atoms with Crippen molar-refractivity contribution in [1.82, 2.24) is 19.7 Å². The van der Waals surface area contributed by atoms with Crippen LogP contribution in [0.1, 0.15) is 17.3 Å². The number of carbonyl (C=O) groups is 1. The number of aromatic nitrogens is 4. The van der Waals surface area contributed by atoms with Crippen LogP contribution in [0.3, 0.4) is 0 Å². The number of aromatic amines is 1. The maximum absolute atomic E-state index is 14.9. The third-order valence-electron chi connectivity index (χ3n) is 3.63.